The van der Waals surface area contributed by atoms with Crippen LogP contribution in [0, 0.1) is 0 Å². The van der Waals surface area contributed by atoms with E-state index in [1.165, 1.54) is 32.4 Å². The standard InChI is InChI=1S/C16H25ClN2O/c1-12(2)19-9-4-5-13(8-10-19)18-14-6-7-15(17)16(11-14)20-3/h6-7,11-13,18H,4-5,8-10H2,1-3H3. The van der Waals surface area contributed by atoms with E-state index < -0.39 is 0 Å². The summed E-state index contributed by atoms with van der Waals surface area (Å²) in [4.78, 5) is 2.56. The maximum atomic E-state index is 6.06. The molecule has 20 heavy (non-hydrogen) atoms. The highest BCUT2D eigenvalue weighted by atomic mass is 35.5. The normalized spacial score (nSPS) is 20.8. The second kappa shape index (κ2) is 7.19. The van der Waals surface area contributed by atoms with Gasteiger partial charge >= 0.3 is 0 Å². The Morgan fingerprint density at radius 2 is 2.10 bits per heavy atom. The minimum absolute atomic E-state index is 0.532. The van der Waals surface area contributed by atoms with Crippen molar-refractivity contribution in [3.8, 4) is 5.75 Å². The number of anilines is 1. The van der Waals surface area contributed by atoms with Crippen LogP contribution < -0.4 is 10.1 Å². The van der Waals surface area contributed by atoms with Crippen molar-refractivity contribution in [2.24, 2.45) is 0 Å². The van der Waals surface area contributed by atoms with Crippen LogP contribution in [0.1, 0.15) is 33.1 Å². The van der Waals surface area contributed by atoms with Crippen LogP contribution in [-0.2, 0) is 0 Å². The fourth-order valence-corrected chi connectivity index (χ4v) is 2.96. The Hall–Kier alpha value is -0.930. The van der Waals surface area contributed by atoms with Crippen LogP contribution >= 0.6 is 11.6 Å². The van der Waals surface area contributed by atoms with Gasteiger partial charge in [-0.3, -0.25) is 0 Å². The number of nitrogens with one attached hydrogen (secondary N) is 1. The minimum Gasteiger partial charge on any atom is -0.495 e. The Morgan fingerprint density at radius 1 is 1.30 bits per heavy atom. The summed E-state index contributed by atoms with van der Waals surface area (Å²) < 4.78 is 5.27. The van der Waals surface area contributed by atoms with Gasteiger partial charge in [0.25, 0.3) is 0 Å². The van der Waals surface area contributed by atoms with E-state index in [2.05, 4.69) is 24.1 Å². The quantitative estimate of drug-likeness (QED) is 0.908. The van der Waals surface area contributed by atoms with Crippen molar-refractivity contribution in [2.75, 3.05) is 25.5 Å². The number of rotatable bonds is 4. The molecule has 0 radical (unpaired) electrons. The zero-order valence-corrected chi connectivity index (χ0v) is 13.4. The number of halogens is 1. The third-order valence-corrected chi connectivity index (χ3v) is 4.33. The van der Waals surface area contributed by atoms with E-state index in [9.17, 15) is 0 Å². The molecule has 1 heterocycles. The number of ether oxygens (including phenoxy) is 1. The summed E-state index contributed by atoms with van der Waals surface area (Å²) in [5, 5.41) is 4.27. The van der Waals surface area contributed by atoms with E-state index in [1.807, 2.05) is 18.2 Å². The molecule has 1 aromatic rings. The molecule has 0 aliphatic carbocycles. The fraction of sp³-hybridized carbons (Fsp3) is 0.625. The van der Waals surface area contributed by atoms with Crippen LogP contribution in [0.25, 0.3) is 0 Å². The van der Waals surface area contributed by atoms with Gasteiger partial charge in [-0.1, -0.05) is 11.6 Å². The van der Waals surface area contributed by atoms with Crippen LogP contribution in [0.4, 0.5) is 5.69 Å². The van der Waals surface area contributed by atoms with Gasteiger partial charge in [-0.2, -0.15) is 0 Å². The van der Waals surface area contributed by atoms with Gasteiger partial charge in [-0.25, -0.2) is 0 Å². The highest BCUT2D eigenvalue weighted by Gasteiger charge is 2.18. The lowest BCUT2D eigenvalue weighted by molar-refractivity contribution is 0.230. The molecule has 0 bridgehead atoms. The first-order valence-electron chi connectivity index (χ1n) is 7.44. The van der Waals surface area contributed by atoms with Gasteiger partial charge in [0.1, 0.15) is 5.75 Å². The van der Waals surface area contributed by atoms with E-state index >= 15 is 0 Å². The highest BCUT2D eigenvalue weighted by Crippen LogP contribution is 2.28. The Bertz CT molecular complexity index is 436. The van der Waals surface area contributed by atoms with Crippen LogP contribution in [0.15, 0.2) is 18.2 Å². The van der Waals surface area contributed by atoms with Crippen molar-refractivity contribution in [1.82, 2.24) is 4.90 Å². The molecular formula is C16H25ClN2O. The molecule has 1 aliphatic rings. The van der Waals surface area contributed by atoms with Crippen LogP contribution in [0.2, 0.25) is 5.02 Å². The zero-order chi connectivity index (χ0) is 14.5. The topological polar surface area (TPSA) is 24.5 Å². The number of hydrogen-bond donors (Lipinski definition) is 1. The van der Waals surface area contributed by atoms with E-state index in [4.69, 9.17) is 16.3 Å². The molecule has 1 aliphatic heterocycles. The number of likely N-dealkylation sites (tertiary alicyclic amines) is 1. The second-order valence-corrected chi connectivity index (χ2v) is 6.16. The lowest BCUT2D eigenvalue weighted by Crippen LogP contribution is -2.32. The predicted octanol–water partition coefficient (Wildman–Crippen LogP) is 4.02. The summed E-state index contributed by atoms with van der Waals surface area (Å²) in [5.74, 6) is 0.731. The number of nitrogens with zero attached hydrogens (tertiary/aromatic N) is 1. The largest absolute Gasteiger partial charge is 0.495 e. The van der Waals surface area contributed by atoms with Gasteiger partial charge < -0.3 is 15.0 Å². The van der Waals surface area contributed by atoms with Crippen LogP contribution in [-0.4, -0.2) is 37.2 Å². The molecular weight excluding hydrogens is 272 g/mol. The molecule has 1 atom stereocenters. The van der Waals surface area contributed by atoms with Crippen LogP contribution in [0.3, 0.4) is 0 Å². The molecule has 1 saturated heterocycles. The molecule has 3 nitrogen and oxygen atoms in total. The summed E-state index contributed by atoms with van der Waals surface area (Å²) in [6, 6.07) is 7.07. The minimum atomic E-state index is 0.532. The van der Waals surface area contributed by atoms with Gasteiger partial charge in [0, 0.05) is 30.4 Å². The Morgan fingerprint density at radius 3 is 2.80 bits per heavy atom. The molecule has 112 valence electrons. The molecule has 1 unspecified atom stereocenters. The second-order valence-electron chi connectivity index (χ2n) is 5.75. The third-order valence-electron chi connectivity index (χ3n) is 4.01. The molecule has 1 N–H and O–H groups in total. The van der Waals surface area contributed by atoms with E-state index in [1.54, 1.807) is 7.11 Å². The summed E-state index contributed by atoms with van der Waals surface area (Å²) in [5.41, 5.74) is 1.09. The predicted molar refractivity (Wildman–Crippen MR) is 86.0 cm³/mol. The summed E-state index contributed by atoms with van der Waals surface area (Å²) in [6.07, 6.45) is 3.65. The van der Waals surface area contributed by atoms with E-state index in [-0.39, 0.29) is 0 Å². The van der Waals surface area contributed by atoms with E-state index in [0.29, 0.717) is 17.1 Å². The first-order valence-corrected chi connectivity index (χ1v) is 7.82. The monoisotopic (exact) mass is 296 g/mol. The number of benzene rings is 1. The van der Waals surface area contributed by atoms with Crippen molar-refractivity contribution >= 4 is 17.3 Å². The SMILES string of the molecule is COc1cc(NC2CCCN(C(C)C)CC2)ccc1Cl. The maximum absolute atomic E-state index is 6.06. The van der Waals surface area contributed by atoms with Gasteiger partial charge in [0.15, 0.2) is 0 Å². The molecule has 0 saturated carbocycles. The maximum Gasteiger partial charge on any atom is 0.139 e. The average Bonchev–Trinajstić information content (AvgIpc) is 2.66. The van der Waals surface area contributed by atoms with Crippen molar-refractivity contribution in [1.29, 1.82) is 0 Å². The Labute approximate surface area is 127 Å². The highest BCUT2D eigenvalue weighted by molar-refractivity contribution is 6.32. The van der Waals surface area contributed by atoms with Gasteiger partial charge in [0.05, 0.1) is 12.1 Å². The molecule has 0 amide bonds. The average molecular weight is 297 g/mol. The van der Waals surface area contributed by atoms with Gasteiger partial charge in [-0.05, 0) is 51.8 Å². The Balaban J connectivity index is 1.96. The van der Waals surface area contributed by atoms with Gasteiger partial charge in [0.2, 0.25) is 0 Å². The lowest BCUT2D eigenvalue weighted by atomic mass is 10.1. The molecule has 4 heteroatoms. The molecule has 0 aromatic heterocycles. The molecule has 1 fully saturated rings. The number of hydrogen-bond acceptors (Lipinski definition) is 3. The fourth-order valence-electron chi connectivity index (χ4n) is 2.76. The van der Waals surface area contributed by atoms with Crippen molar-refractivity contribution in [3.05, 3.63) is 23.2 Å². The lowest BCUT2D eigenvalue weighted by Gasteiger charge is -2.24. The summed E-state index contributed by atoms with van der Waals surface area (Å²) >= 11 is 6.06. The van der Waals surface area contributed by atoms with Crippen molar-refractivity contribution in [3.63, 3.8) is 0 Å². The number of methoxy groups -OCH3 is 1. The molecule has 2 rings (SSSR count). The van der Waals surface area contributed by atoms with Gasteiger partial charge in [-0.15, -0.1) is 0 Å². The summed E-state index contributed by atoms with van der Waals surface area (Å²) in [7, 11) is 1.65. The first-order chi connectivity index (χ1) is 9.60. The van der Waals surface area contributed by atoms with Crippen molar-refractivity contribution < 1.29 is 4.74 Å². The van der Waals surface area contributed by atoms with Crippen LogP contribution in [0.5, 0.6) is 5.75 Å². The zero-order valence-electron chi connectivity index (χ0n) is 12.7. The molecule has 0 spiro atoms. The Kier molecular flexibility index (Phi) is 5.55. The third kappa shape index (κ3) is 4.03. The first kappa shape index (κ1) is 15.5. The van der Waals surface area contributed by atoms with Crippen molar-refractivity contribution in [2.45, 2.75) is 45.2 Å². The molecule has 1 aromatic carbocycles. The summed E-state index contributed by atoms with van der Waals surface area (Å²) in [6.45, 7) is 6.93. The smallest absolute Gasteiger partial charge is 0.139 e. The van der Waals surface area contributed by atoms with E-state index in [0.717, 1.165) is 11.4 Å².